The Labute approximate surface area is 98.0 Å². The smallest absolute Gasteiger partial charge is 0.318 e. The van der Waals surface area contributed by atoms with Crippen LogP contribution in [0.4, 0.5) is 4.79 Å². The Kier molecular flexibility index (Phi) is 4.94. The average Bonchev–Trinajstić information content (AvgIpc) is 2.69. The van der Waals surface area contributed by atoms with Crippen LogP contribution >= 0.6 is 11.3 Å². The molecular formula is C10H15N3O2S. The van der Waals surface area contributed by atoms with Crippen LogP contribution in [-0.4, -0.2) is 24.5 Å². The van der Waals surface area contributed by atoms with Crippen molar-refractivity contribution in [3.05, 3.63) is 22.4 Å². The minimum atomic E-state index is -0.822. The second kappa shape index (κ2) is 6.24. The summed E-state index contributed by atoms with van der Waals surface area (Å²) in [6.07, 6.45) is 0.867. The van der Waals surface area contributed by atoms with Crippen LogP contribution in [0.15, 0.2) is 17.5 Å². The summed E-state index contributed by atoms with van der Waals surface area (Å²) in [6, 6.07) is 2.79. The molecule has 1 unspecified atom stereocenters. The number of amides is 3. The standard InChI is InChI=1S/C10H15N3O2S/c1-7(9(14)13-10(11)15)12-5-4-8-3-2-6-16-8/h2-3,6-7,12H,4-5H2,1H3,(H3,11,13,14,15). The third kappa shape index (κ3) is 4.41. The number of primary amides is 1. The predicted octanol–water partition coefficient (Wildman–Crippen LogP) is 0.464. The molecular weight excluding hydrogens is 226 g/mol. The van der Waals surface area contributed by atoms with E-state index in [1.165, 1.54) is 4.88 Å². The molecule has 0 aliphatic carbocycles. The van der Waals surface area contributed by atoms with Crippen LogP contribution in [-0.2, 0) is 11.2 Å². The van der Waals surface area contributed by atoms with Crippen molar-refractivity contribution in [2.45, 2.75) is 19.4 Å². The summed E-state index contributed by atoms with van der Waals surface area (Å²) < 4.78 is 0. The van der Waals surface area contributed by atoms with Crippen molar-refractivity contribution in [1.82, 2.24) is 10.6 Å². The molecule has 0 radical (unpaired) electrons. The molecule has 0 aliphatic rings. The van der Waals surface area contributed by atoms with Crippen molar-refractivity contribution < 1.29 is 9.59 Å². The molecule has 1 rings (SSSR count). The summed E-state index contributed by atoms with van der Waals surface area (Å²) in [4.78, 5) is 23.0. The van der Waals surface area contributed by atoms with Crippen LogP contribution < -0.4 is 16.4 Å². The fourth-order valence-electron chi connectivity index (χ4n) is 1.19. The zero-order valence-corrected chi connectivity index (χ0v) is 9.84. The number of rotatable bonds is 5. The van der Waals surface area contributed by atoms with E-state index in [9.17, 15) is 9.59 Å². The van der Waals surface area contributed by atoms with E-state index in [0.717, 1.165) is 6.42 Å². The maximum atomic E-state index is 11.3. The summed E-state index contributed by atoms with van der Waals surface area (Å²) in [5, 5.41) is 7.05. The predicted molar refractivity (Wildman–Crippen MR) is 63.2 cm³/mol. The molecule has 0 aromatic carbocycles. The fourth-order valence-corrected chi connectivity index (χ4v) is 1.90. The quantitative estimate of drug-likeness (QED) is 0.700. The highest BCUT2D eigenvalue weighted by Gasteiger charge is 2.12. The van der Waals surface area contributed by atoms with Gasteiger partial charge in [0.1, 0.15) is 0 Å². The zero-order valence-electron chi connectivity index (χ0n) is 9.03. The van der Waals surface area contributed by atoms with Crippen molar-refractivity contribution in [3.8, 4) is 0 Å². The number of hydrogen-bond donors (Lipinski definition) is 3. The summed E-state index contributed by atoms with van der Waals surface area (Å²) in [7, 11) is 0. The van der Waals surface area contributed by atoms with Gasteiger partial charge in [-0.3, -0.25) is 10.1 Å². The second-order valence-electron chi connectivity index (χ2n) is 3.36. The van der Waals surface area contributed by atoms with Crippen LogP contribution in [0.2, 0.25) is 0 Å². The Hall–Kier alpha value is -1.40. The molecule has 0 spiro atoms. The lowest BCUT2D eigenvalue weighted by atomic mass is 10.3. The molecule has 88 valence electrons. The number of urea groups is 1. The van der Waals surface area contributed by atoms with Crippen molar-refractivity contribution in [2.75, 3.05) is 6.54 Å². The number of carbonyl (C=O) groups is 2. The summed E-state index contributed by atoms with van der Waals surface area (Å²) in [5.41, 5.74) is 4.84. The van der Waals surface area contributed by atoms with E-state index in [1.807, 2.05) is 22.8 Å². The van der Waals surface area contributed by atoms with Crippen LogP contribution in [0.5, 0.6) is 0 Å². The SMILES string of the molecule is CC(NCCc1cccs1)C(=O)NC(N)=O. The summed E-state index contributed by atoms with van der Waals surface area (Å²) in [6.45, 7) is 2.38. The van der Waals surface area contributed by atoms with Crippen molar-refractivity contribution >= 4 is 23.3 Å². The highest BCUT2D eigenvalue weighted by Crippen LogP contribution is 2.08. The molecule has 6 heteroatoms. The third-order valence-corrected chi connectivity index (χ3v) is 2.98. The Morgan fingerprint density at radius 3 is 2.88 bits per heavy atom. The molecule has 0 fully saturated rings. The second-order valence-corrected chi connectivity index (χ2v) is 4.39. The fraction of sp³-hybridized carbons (Fsp3) is 0.400. The Bertz CT molecular complexity index is 351. The van der Waals surface area contributed by atoms with Gasteiger partial charge in [0.05, 0.1) is 6.04 Å². The van der Waals surface area contributed by atoms with Gasteiger partial charge in [-0.1, -0.05) is 6.07 Å². The van der Waals surface area contributed by atoms with Gasteiger partial charge in [-0.25, -0.2) is 4.79 Å². The minimum Gasteiger partial charge on any atom is -0.351 e. The molecule has 1 heterocycles. The lowest BCUT2D eigenvalue weighted by Crippen LogP contribution is -2.46. The Morgan fingerprint density at radius 2 is 2.31 bits per heavy atom. The number of imide groups is 1. The number of nitrogens with two attached hydrogens (primary N) is 1. The van der Waals surface area contributed by atoms with E-state index >= 15 is 0 Å². The van der Waals surface area contributed by atoms with Crippen LogP contribution in [0.25, 0.3) is 0 Å². The van der Waals surface area contributed by atoms with Crippen molar-refractivity contribution in [2.24, 2.45) is 5.73 Å². The highest BCUT2D eigenvalue weighted by molar-refractivity contribution is 7.09. The molecule has 4 N–H and O–H groups in total. The van der Waals surface area contributed by atoms with Gasteiger partial charge in [-0.15, -0.1) is 11.3 Å². The first-order chi connectivity index (χ1) is 7.59. The van der Waals surface area contributed by atoms with Crippen molar-refractivity contribution in [3.63, 3.8) is 0 Å². The molecule has 1 atom stereocenters. The van der Waals surface area contributed by atoms with Crippen LogP contribution in [0, 0.1) is 0 Å². The monoisotopic (exact) mass is 241 g/mol. The lowest BCUT2D eigenvalue weighted by Gasteiger charge is -2.11. The first kappa shape index (κ1) is 12.7. The van der Waals surface area contributed by atoms with Gasteiger partial charge in [-0.05, 0) is 24.8 Å². The number of hydrogen-bond acceptors (Lipinski definition) is 4. The van der Waals surface area contributed by atoms with E-state index in [1.54, 1.807) is 18.3 Å². The van der Waals surface area contributed by atoms with Gasteiger partial charge >= 0.3 is 6.03 Å². The van der Waals surface area contributed by atoms with Crippen molar-refractivity contribution in [1.29, 1.82) is 0 Å². The van der Waals surface area contributed by atoms with Gasteiger partial charge in [0.2, 0.25) is 5.91 Å². The number of nitrogens with one attached hydrogen (secondary N) is 2. The third-order valence-electron chi connectivity index (χ3n) is 2.04. The van der Waals surface area contributed by atoms with Crippen LogP contribution in [0.3, 0.4) is 0 Å². The topological polar surface area (TPSA) is 84.2 Å². The van der Waals surface area contributed by atoms with Gasteiger partial charge in [-0.2, -0.15) is 0 Å². The Morgan fingerprint density at radius 1 is 1.56 bits per heavy atom. The molecule has 0 aliphatic heterocycles. The van der Waals surface area contributed by atoms with Gasteiger partial charge in [0, 0.05) is 11.4 Å². The van der Waals surface area contributed by atoms with Gasteiger partial charge in [0.15, 0.2) is 0 Å². The zero-order chi connectivity index (χ0) is 12.0. The molecule has 0 saturated heterocycles. The van der Waals surface area contributed by atoms with Gasteiger partial charge in [0.25, 0.3) is 0 Å². The van der Waals surface area contributed by atoms with E-state index in [0.29, 0.717) is 6.54 Å². The highest BCUT2D eigenvalue weighted by atomic mass is 32.1. The van der Waals surface area contributed by atoms with Crippen LogP contribution in [0.1, 0.15) is 11.8 Å². The summed E-state index contributed by atoms with van der Waals surface area (Å²) in [5.74, 6) is -0.404. The van der Waals surface area contributed by atoms with E-state index < -0.39 is 18.0 Å². The maximum absolute atomic E-state index is 11.3. The van der Waals surface area contributed by atoms with E-state index in [4.69, 9.17) is 5.73 Å². The minimum absolute atomic E-state index is 0.404. The van der Waals surface area contributed by atoms with Gasteiger partial charge < -0.3 is 11.1 Å². The first-order valence-corrected chi connectivity index (χ1v) is 5.83. The number of thiophene rings is 1. The van der Waals surface area contributed by atoms with E-state index in [-0.39, 0.29) is 0 Å². The van der Waals surface area contributed by atoms with E-state index in [2.05, 4.69) is 5.32 Å². The molecule has 16 heavy (non-hydrogen) atoms. The maximum Gasteiger partial charge on any atom is 0.318 e. The molecule has 1 aromatic rings. The largest absolute Gasteiger partial charge is 0.351 e. The number of carbonyl (C=O) groups excluding carboxylic acids is 2. The molecule has 1 aromatic heterocycles. The molecule has 3 amide bonds. The molecule has 0 saturated carbocycles. The normalized spacial score (nSPS) is 12.1. The average molecular weight is 241 g/mol. The first-order valence-electron chi connectivity index (χ1n) is 4.95. The Balaban J connectivity index is 2.22. The summed E-state index contributed by atoms with van der Waals surface area (Å²) >= 11 is 1.68. The molecule has 0 bridgehead atoms. The lowest BCUT2D eigenvalue weighted by molar-refractivity contribution is -0.121. The molecule has 5 nitrogen and oxygen atoms in total.